The normalized spacial score (nSPS) is 42.9. The highest BCUT2D eigenvalue weighted by molar-refractivity contribution is 6.11. The highest BCUT2D eigenvalue weighted by Crippen LogP contribution is 2.23. The van der Waals surface area contributed by atoms with Crippen LogP contribution in [0.5, 0.6) is 0 Å². The smallest absolute Gasteiger partial charge is 0.161 e. The van der Waals surface area contributed by atoms with E-state index in [0.717, 1.165) is 0 Å². The molecule has 1 fully saturated rings. The summed E-state index contributed by atoms with van der Waals surface area (Å²) in [7, 11) is 5.04. The van der Waals surface area contributed by atoms with Crippen LogP contribution < -0.4 is 0 Å². The molecular weight excluding hydrogens is 122 g/mol. The topological polar surface area (TPSA) is 29.5 Å². The largest absolute Gasteiger partial charge is 0.499 e. The number of aliphatic hydroxyl groups excluding tert-OH is 1. The molecule has 48 valence electrons. The van der Waals surface area contributed by atoms with Gasteiger partial charge in [0, 0.05) is 0 Å². The van der Waals surface area contributed by atoms with Gasteiger partial charge in [0.1, 0.15) is 19.7 Å². The van der Waals surface area contributed by atoms with Gasteiger partial charge in [-0.2, -0.15) is 0 Å². The van der Waals surface area contributed by atoms with Crippen molar-refractivity contribution in [2.75, 3.05) is 0 Å². The molecule has 0 aromatic rings. The predicted molar refractivity (Wildman–Crippen MR) is 30.7 cm³/mol. The van der Waals surface area contributed by atoms with Gasteiger partial charge in [-0.25, -0.2) is 4.39 Å². The molecule has 0 saturated carbocycles. The van der Waals surface area contributed by atoms with E-state index in [4.69, 9.17) is 13.0 Å². The fourth-order valence-corrected chi connectivity index (χ4v) is 0.667. The molecule has 2 nitrogen and oxygen atoms in total. The molecule has 0 bridgehead atoms. The second-order valence-corrected chi connectivity index (χ2v) is 1.94. The molecule has 1 aliphatic rings. The second-order valence-electron chi connectivity index (χ2n) is 1.94. The van der Waals surface area contributed by atoms with E-state index in [-0.39, 0.29) is 5.76 Å². The van der Waals surface area contributed by atoms with Gasteiger partial charge in [-0.3, -0.25) is 0 Å². The number of alkyl halides is 1. The first-order valence-electron chi connectivity index (χ1n) is 2.56. The van der Waals surface area contributed by atoms with Gasteiger partial charge >= 0.3 is 0 Å². The Labute approximate surface area is 53.7 Å². The maximum absolute atomic E-state index is 12.4. The van der Waals surface area contributed by atoms with Crippen LogP contribution >= 0.6 is 0 Å². The van der Waals surface area contributed by atoms with E-state index >= 15 is 0 Å². The molecule has 3 atom stereocenters. The Morgan fingerprint density at radius 2 is 2.33 bits per heavy atom. The van der Waals surface area contributed by atoms with Crippen LogP contribution in [-0.2, 0) is 4.74 Å². The van der Waals surface area contributed by atoms with Gasteiger partial charge < -0.3 is 9.84 Å². The summed E-state index contributed by atoms with van der Waals surface area (Å²) in [6.07, 6.45) is -2.78. The summed E-state index contributed by atoms with van der Waals surface area (Å²) < 4.78 is 16.9. The highest BCUT2D eigenvalue weighted by atomic mass is 19.1. The number of hydrogen-bond donors (Lipinski definition) is 1. The lowest BCUT2D eigenvalue weighted by atomic mass is 9.95. The average molecular weight is 128 g/mol. The zero-order valence-electron chi connectivity index (χ0n) is 4.75. The SMILES string of the molecule is [B]C1OC(=C)C(O)C1F. The first-order valence-corrected chi connectivity index (χ1v) is 2.56. The molecule has 2 radical (unpaired) electrons. The van der Waals surface area contributed by atoms with E-state index in [1.54, 1.807) is 0 Å². The van der Waals surface area contributed by atoms with Crippen LogP contribution in [0.25, 0.3) is 0 Å². The Kier molecular flexibility index (Phi) is 1.49. The number of halogens is 1. The molecule has 3 unspecified atom stereocenters. The zero-order chi connectivity index (χ0) is 7.02. The maximum atomic E-state index is 12.4. The number of aliphatic hydroxyl groups is 1. The predicted octanol–water partition coefficient (Wildman–Crippen LogP) is -0.276. The van der Waals surface area contributed by atoms with E-state index in [1.165, 1.54) is 0 Å². The first kappa shape index (κ1) is 6.61. The summed E-state index contributed by atoms with van der Waals surface area (Å²) in [4.78, 5) is 0. The Morgan fingerprint density at radius 3 is 2.44 bits per heavy atom. The van der Waals surface area contributed by atoms with Gasteiger partial charge in [-0.05, 0) is 0 Å². The van der Waals surface area contributed by atoms with E-state index in [0.29, 0.717) is 0 Å². The lowest BCUT2D eigenvalue weighted by molar-refractivity contribution is 0.125. The molecule has 1 aliphatic heterocycles. The summed E-state index contributed by atoms with van der Waals surface area (Å²) in [5.74, 6) is 0.00926. The van der Waals surface area contributed by atoms with Crippen molar-refractivity contribution in [3.8, 4) is 0 Å². The van der Waals surface area contributed by atoms with E-state index < -0.39 is 18.3 Å². The highest BCUT2D eigenvalue weighted by Gasteiger charge is 2.36. The molecule has 1 N–H and O–H groups in total. The minimum Gasteiger partial charge on any atom is -0.499 e. The fourth-order valence-electron chi connectivity index (χ4n) is 0.667. The van der Waals surface area contributed by atoms with Crippen LogP contribution in [0.15, 0.2) is 12.3 Å². The Hall–Kier alpha value is -0.505. The summed E-state index contributed by atoms with van der Waals surface area (Å²) >= 11 is 0. The molecule has 0 aromatic heterocycles. The van der Waals surface area contributed by atoms with Gasteiger partial charge in [-0.1, -0.05) is 6.58 Å². The van der Waals surface area contributed by atoms with Crippen LogP contribution in [0.3, 0.4) is 0 Å². The van der Waals surface area contributed by atoms with Crippen LogP contribution in [-0.4, -0.2) is 31.2 Å². The molecule has 0 spiro atoms. The maximum Gasteiger partial charge on any atom is 0.161 e. The van der Waals surface area contributed by atoms with Crippen molar-refractivity contribution < 1.29 is 14.2 Å². The summed E-state index contributed by atoms with van der Waals surface area (Å²) in [6, 6.07) is -1.05. The minimum absolute atomic E-state index is 0.00926. The second kappa shape index (κ2) is 2.03. The van der Waals surface area contributed by atoms with Crippen molar-refractivity contribution >= 4 is 7.85 Å². The molecule has 1 heterocycles. The Bertz CT molecular complexity index is 139. The third-order valence-corrected chi connectivity index (χ3v) is 1.23. The third kappa shape index (κ3) is 0.943. The van der Waals surface area contributed by atoms with Gasteiger partial charge in [0.15, 0.2) is 6.17 Å². The molecule has 4 heteroatoms. The lowest BCUT2D eigenvalue weighted by Gasteiger charge is -2.03. The number of hydrogen-bond acceptors (Lipinski definition) is 2. The Morgan fingerprint density at radius 1 is 1.78 bits per heavy atom. The minimum atomic E-state index is -1.53. The summed E-state index contributed by atoms with van der Waals surface area (Å²) in [6.45, 7) is 3.24. The number of ether oxygens (including phenoxy) is 1. The molecule has 0 aromatic carbocycles. The molecular formula is C5H6BFO2. The lowest BCUT2D eigenvalue weighted by Crippen LogP contribution is -2.24. The molecule has 0 aliphatic carbocycles. The standard InChI is InChI=1S/C5H6BFO2/c1-2-4(8)3(7)5(6)9-2/h3-5,8H,1H2. The van der Waals surface area contributed by atoms with Crippen molar-refractivity contribution in [1.29, 1.82) is 0 Å². The van der Waals surface area contributed by atoms with Crippen molar-refractivity contribution in [2.24, 2.45) is 0 Å². The van der Waals surface area contributed by atoms with Crippen LogP contribution in [0.4, 0.5) is 4.39 Å². The van der Waals surface area contributed by atoms with Gasteiger partial charge in [0.2, 0.25) is 0 Å². The number of rotatable bonds is 0. The van der Waals surface area contributed by atoms with E-state index in [9.17, 15) is 4.39 Å². The van der Waals surface area contributed by atoms with Gasteiger partial charge in [0.25, 0.3) is 0 Å². The third-order valence-electron chi connectivity index (χ3n) is 1.23. The Balaban J connectivity index is 2.65. The molecule has 1 rings (SSSR count). The van der Waals surface area contributed by atoms with E-state index in [1.807, 2.05) is 0 Å². The zero-order valence-corrected chi connectivity index (χ0v) is 4.75. The van der Waals surface area contributed by atoms with E-state index in [2.05, 4.69) is 11.3 Å². The van der Waals surface area contributed by atoms with Crippen LogP contribution in [0, 0.1) is 0 Å². The van der Waals surface area contributed by atoms with Gasteiger partial charge in [-0.15, -0.1) is 0 Å². The molecule has 9 heavy (non-hydrogen) atoms. The van der Waals surface area contributed by atoms with Crippen molar-refractivity contribution in [2.45, 2.75) is 18.3 Å². The van der Waals surface area contributed by atoms with Crippen molar-refractivity contribution in [3.63, 3.8) is 0 Å². The molecule has 1 saturated heterocycles. The molecule has 0 amide bonds. The summed E-state index contributed by atoms with van der Waals surface area (Å²) in [5, 5.41) is 8.76. The van der Waals surface area contributed by atoms with Crippen LogP contribution in [0.1, 0.15) is 0 Å². The van der Waals surface area contributed by atoms with Crippen LogP contribution in [0.2, 0.25) is 0 Å². The van der Waals surface area contributed by atoms with Crippen molar-refractivity contribution in [1.82, 2.24) is 0 Å². The monoisotopic (exact) mass is 128 g/mol. The quantitative estimate of drug-likeness (QED) is 0.454. The summed E-state index contributed by atoms with van der Waals surface area (Å²) in [5.41, 5.74) is 0. The fraction of sp³-hybridized carbons (Fsp3) is 0.600. The van der Waals surface area contributed by atoms with Crippen molar-refractivity contribution in [3.05, 3.63) is 12.3 Å². The first-order chi connectivity index (χ1) is 4.13. The average Bonchev–Trinajstić information content (AvgIpc) is 1.98. The van der Waals surface area contributed by atoms with Gasteiger partial charge in [0.05, 0.1) is 6.00 Å².